The minimum atomic E-state index is -2.86. The number of nitrogens with zero attached hydrogens (tertiary/aromatic N) is 1. The van der Waals surface area contributed by atoms with E-state index < -0.39 is 21.6 Å². The summed E-state index contributed by atoms with van der Waals surface area (Å²) in [5.41, 5.74) is 4.24. The van der Waals surface area contributed by atoms with Gasteiger partial charge in [-0.2, -0.15) is 0 Å². The molecule has 49 heavy (non-hydrogen) atoms. The van der Waals surface area contributed by atoms with Crippen LogP contribution in [0.4, 0.5) is 0 Å². The molecule has 0 aromatic carbocycles. The van der Waals surface area contributed by atoms with Gasteiger partial charge >= 0.3 is 11.8 Å². The highest BCUT2D eigenvalue weighted by molar-refractivity contribution is 7.91. The Hall–Kier alpha value is -1.68. The van der Waals surface area contributed by atoms with Crippen molar-refractivity contribution in [1.29, 1.82) is 0 Å². The number of fused-ring (bicyclic) bond motifs is 7. The van der Waals surface area contributed by atoms with Gasteiger partial charge in [-0.15, -0.1) is 0 Å². The number of carbonyl (C=O) groups is 1. The molecule has 4 saturated carbocycles. The topological polar surface area (TPSA) is 105 Å². The van der Waals surface area contributed by atoms with Gasteiger partial charge in [0.1, 0.15) is 0 Å². The van der Waals surface area contributed by atoms with Crippen molar-refractivity contribution in [1.82, 2.24) is 10.2 Å². The fourth-order valence-corrected chi connectivity index (χ4v) is 14.5. The van der Waals surface area contributed by atoms with Crippen molar-refractivity contribution in [2.75, 3.05) is 44.3 Å². The quantitative estimate of drug-likeness (QED) is 0.287. The summed E-state index contributed by atoms with van der Waals surface area (Å²) in [7, 11) is -2.86. The van der Waals surface area contributed by atoms with E-state index in [4.69, 9.17) is 9.47 Å². The van der Waals surface area contributed by atoms with E-state index >= 15 is 0 Å². The van der Waals surface area contributed by atoms with Crippen LogP contribution >= 0.6 is 0 Å². The molecule has 5 fully saturated rings. The minimum Gasteiger partial charge on any atom is -0.476 e. The van der Waals surface area contributed by atoms with Crippen LogP contribution in [0.3, 0.4) is 0 Å². The molecule has 9 heteroatoms. The van der Waals surface area contributed by atoms with Crippen LogP contribution in [0.1, 0.15) is 99.3 Å². The third-order valence-corrected chi connectivity index (χ3v) is 17.5. The molecule has 0 aromatic rings. The molecule has 2 unspecified atom stereocenters. The normalized spacial score (nSPS) is 45.8. The highest BCUT2D eigenvalue weighted by Crippen LogP contribution is 2.72. The number of aliphatic carboxylic acids is 1. The Labute approximate surface area is 295 Å². The van der Waals surface area contributed by atoms with Gasteiger partial charge in [0.05, 0.1) is 24.4 Å². The first-order valence-electron chi connectivity index (χ1n) is 19.2. The van der Waals surface area contributed by atoms with Crippen LogP contribution < -0.4 is 5.32 Å². The second-order valence-electron chi connectivity index (χ2n) is 18.5. The Kier molecular flexibility index (Phi) is 8.89. The van der Waals surface area contributed by atoms with Crippen LogP contribution in [0.2, 0.25) is 0 Å². The van der Waals surface area contributed by atoms with Crippen molar-refractivity contribution >= 4 is 15.8 Å². The van der Waals surface area contributed by atoms with Crippen LogP contribution in [0.25, 0.3) is 0 Å². The Morgan fingerprint density at radius 3 is 2.31 bits per heavy atom. The molecule has 0 spiro atoms. The lowest BCUT2D eigenvalue weighted by molar-refractivity contribution is -0.222. The molecule has 0 amide bonds. The number of hydrogen-bond donors (Lipinski definition) is 2. The third kappa shape index (κ3) is 5.70. The van der Waals surface area contributed by atoms with Crippen LogP contribution in [0, 0.1) is 51.8 Å². The van der Waals surface area contributed by atoms with Crippen molar-refractivity contribution in [2.24, 2.45) is 51.8 Å². The molecule has 7 aliphatic rings. The minimum absolute atomic E-state index is 0.0636. The summed E-state index contributed by atoms with van der Waals surface area (Å²) in [4.78, 5) is 14.0. The molecular formula is C40H62N2O6S. The summed E-state index contributed by atoms with van der Waals surface area (Å²) in [6, 6.07) is 0. The first-order valence-corrected chi connectivity index (χ1v) is 21.1. The third-order valence-electron chi connectivity index (χ3n) is 15.8. The molecular weight excluding hydrogens is 637 g/mol. The van der Waals surface area contributed by atoms with Crippen LogP contribution in [-0.2, 0) is 24.1 Å². The maximum atomic E-state index is 12.0. The zero-order valence-corrected chi connectivity index (χ0v) is 31.8. The van der Waals surface area contributed by atoms with Crippen molar-refractivity contribution in [3.63, 3.8) is 0 Å². The predicted molar refractivity (Wildman–Crippen MR) is 192 cm³/mol. The second-order valence-corrected chi connectivity index (χ2v) is 20.8. The van der Waals surface area contributed by atoms with E-state index in [1.807, 2.05) is 0 Å². The maximum absolute atomic E-state index is 12.0. The zero-order chi connectivity index (χ0) is 35.2. The molecule has 2 heterocycles. The zero-order valence-electron chi connectivity index (χ0n) is 31.0. The Balaban J connectivity index is 1.11. The number of carboxylic acid groups (broad SMARTS) is 1. The van der Waals surface area contributed by atoms with Crippen molar-refractivity contribution in [2.45, 2.75) is 111 Å². The van der Waals surface area contributed by atoms with E-state index in [9.17, 15) is 18.3 Å². The van der Waals surface area contributed by atoms with Crippen molar-refractivity contribution in [3.05, 3.63) is 35.6 Å². The number of allylic oxidation sites excluding steroid dienone is 2. The highest BCUT2D eigenvalue weighted by atomic mass is 32.2. The fourth-order valence-electron chi connectivity index (χ4n) is 13.2. The van der Waals surface area contributed by atoms with Crippen LogP contribution in [0.5, 0.6) is 0 Å². The van der Waals surface area contributed by atoms with Gasteiger partial charge in [-0.25, -0.2) is 13.2 Å². The molecule has 8 nitrogen and oxygen atoms in total. The van der Waals surface area contributed by atoms with Gasteiger partial charge in [0.25, 0.3) is 0 Å². The first kappa shape index (κ1) is 35.7. The average molecular weight is 699 g/mol. The van der Waals surface area contributed by atoms with Crippen LogP contribution in [0.15, 0.2) is 35.6 Å². The van der Waals surface area contributed by atoms with Crippen molar-refractivity contribution in [3.8, 4) is 0 Å². The molecule has 5 aliphatic carbocycles. The molecule has 2 aliphatic heterocycles. The molecule has 7 rings (SSSR count). The lowest BCUT2D eigenvalue weighted by Gasteiger charge is -2.68. The Morgan fingerprint density at radius 1 is 0.980 bits per heavy atom. The maximum Gasteiger partial charge on any atom is 0.376 e. The molecule has 0 bridgehead atoms. The van der Waals surface area contributed by atoms with Crippen molar-refractivity contribution < 1.29 is 27.8 Å². The molecule has 0 aromatic heterocycles. The Bertz CT molecular complexity index is 1520. The van der Waals surface area contributed by atoms with E-state index in [0.29, 0.717) is 59.6 Å². The second kappa shape index (κ2) is 12.2. The summed E-state index contributed by atoms with van der Waals surface area (Å²) >= 11 is 0. The number of ether oxygens (including phenoxy) is 2. The molecule has 10 atom stereocenters. The number of sulfone groups is 1. The largest absolute Gasteiger partial charge is 0.476 e. The van der Waals surface area contributed by atoms with Gasteiger partial charge in [0, 0.05) is 44.2 Å². The van der Waals surface area contributed by atoms with E-state index in [1.165, 1.54) is 69.4 Å². The summed E-state index contributed by atoms with van der Waals surface area (Å²) in [5.74, 6) is 1.67. The standard InChI is InChI=1S/C40H62N2O6S/c1-26(2)28-12-15-40(41-18-19-42-20-22-49(45,46)23-21-42)17-16-37(5)30-10-11-33-36(3,4)29(27-24-47-39(7,35(43)44)48-25-27)13-14-38(33,6)31(30)8-9-32(37)34(28)40/h13,24,28,30-34,41H,1,8-12,14-23,25H2,2-7H3,(H,43,44)/t28-,30?,31-,32+,33-,34+,37-,38+,39?,40-/m0/s1. The first-order chi connectivity index (χ1) is 23.0. The van der Waals surface area contributed by atoms with E-state index in [1.54, 1.807) is 6.26 Å². The molecule has 1 saturated heterocycles. The van der Waals surface area contributed by atoms with Crippen LogP contribution in [-0.4, -0.2) is 80.0 Å². The molecule has 0 radical (unpaired) electrons. The number of rotatable bonds is 7. The van der Waals surface area contributed by atoms with Gasteiger partial charge in [0.15, 0.2) is 9.84 Å². The van der Waals surface area contributed by atoms with Gasteiger partial charge in [-0.1, -0.05) is 45.9 Å². The van der Waals surface area contributed by atoms with Gasteiger partial charge < -0.3 is 24.8 Å². The molecule has 274 valence electrons. The highest BCUT2D eigenvalue weighted by Gasteiger charge is 2.66. The lowest BCUT2D eigenvalue weighted by Crippen LogP contribution is -2.65. The lowest BCUT2D eigenvalue weighted by atomic mass is 9.37. The fraction of sp³-hybridized carbons (Fsp3) is 0.825. The summed E-state index contributed by atoms with van der Waals surface area (Å²) in [6.45, 7) is 21.8. The van der Waals surface area contributed by atoms with Gasteiger partial charge in [-0.05, 0) is 122 Å². The smallest absolute Gasteiger partial charge is 0.376 e. The summed E-state index contributed by atoms with van der Waals surface area (Å²) < 4.78 is 35.4. The van der Waals surface area contributed by atoms with E-state index in [0.717, 1.165) is 31.0 Å². The molecule has 2 N–H and O–H groups in total. The van der Waals surface area contributed by atoms with Gasteiger partial charge in [0.2, 0.25) is 0 Å². The van der Waals surface area contributed by atoms with E-state index in [-0.39, 0.29) is 23.0 Å². The SMILES string of the molecule is C=C(C)[C@@H]1CC[C@]2(NCCN3CCS(=O)(=O)CC3)CC[C@@]3(C)C4CC[C@H]5C(C)(C)C(C6=COC(C)(C(=O)O)OC6)=CC[C@]5(C)[C@H]4CC[C@@H]3[C@@H]12. The summed E-state index contributed by atoms with van der Waals surface area (Å²) in [6.07, 6.45) is 15.2. The predicted octanol–water partition coefficient (Wildman–Crippen LogP) is 6.59. The monoisotopic (exact) mass is 698 g/mol. The van der Waals surface area contributed by atoms with Gasteiger partial charge in [-0.3, -0.25) is 0 Å². The number of nitrogens with one attached hydrogen (secondary N) is 1. The average Bonchev–Trinajstić information content (AvgIpc) is 3.42. The Morgan fingerprint density at radius 2 is 1.65 bits per heavy atom. The van der Waals surface area contributed by atoms with E-state index in [2.05, 4.69) is 57.5 Å². The summed E-state index contributed by atoms with van der Waals surface area (Å²) in [5, 5.41) is 13.8. The number of carboxylic acids is 1. The number of hydrogen-bond acceptors (Lipinski definition) is 7.